The highest BCUT2D eigenvalue weighted by Gasteiger charge is 2.25. The highest BCUT2D eigenvalue weighted by atomic mass is 19.1. The third-order valence-electron chi connectivity index (χ3n) is 8.93. The fourth-order valence-corrected chi connectivity index (χ4v) is 6.46. The number of carbonyl (C=O) groups excluding carboxylic acids is 1. The summed E-state index contributed by atoms with van der Waals surface area (Å²) < 4.78 is 27.5. The normalized spacial score (nSPS) is 20.8. The zero-order valence-corrected chi connectivity index (χ0v) is 24.1. The monoisotopic (exact) mass is 572 g/mol. The van der Waals surface area contributed by atoms with Crippen molar-refractivity contribution in [1.82, 2.24) is 10.2 Å². The van der Waals surface area contributed by atoms with E-state index in [1.54, 1.807) is 0 Å². The Balaban J connectivity index is 1.22. The average Bonchev–Trinajstić information content (AvgIpc) is 3.36. The van der Waals surface area contributed by atoms with Crippen LogP contribution in [0.5, 0.6) is 0 Å². The molecule has 2 fully saturated rings. The van der Waals surface area contributed by atoms with Gasteiger partial charge in [0, 0.05) is 49.1 Å². The number of fused-ring (bicyclic) bond motifs is 1. The summed E-state index contributed by atoms with van der Waals surface area (Å²) in [6.07, 6.45) is 4.49. The van der Waals surface area contributed by atoms with Crippen LogP contribution < -0.4 is 10.2 Å². The maximum absolute atomic E-state index is 13.8. The molecule has 3 aliphatic rings. The van der Waals surface area contributed by atoms with Crippen molar-refractivity contribution < 1.29 is 18.7 Å². The summed E-state index contributed by atoms with van der Waals surface area (Å²) in [7, 11) is 2.14. The van der Waals surface area contributed by atoms with Crippen molar-refractivity contribution in [2.75, 3.05) is 38.1 Å². The molecule has 0 radical (unpaired) electrons. The van der Waals surface area contributed by atoms with E-state index in [1.165, 1.54) is 12.1 Å². The van der Waals surface area contributed by atoms with E-state index in [0.717, 1.165) is 92.3 Å². The van der Waals surface area contributed by atoms with Gasteiger partial charge in [0.05, 0.1) is 12.6 Å². The van der Waals surface area contributed by atoms with E-state index in [-0.39, 0.29) is 12.0 Å². The van der Waals surface area contributed by atoms with Gasteiger partial charge in [0.25, 0.3) is 5.91 Å². The molecule has 3 aromatic rings. The Bertz CT molecular complexity index is 1470. The molecule has 1 saturated heterocycles. The van der Waals surface area contributed by atoms with Crippen LogP contribution in [0.25, 0.3) is 0 Å². The molecule has 1 aliphatic carbocycles. The number of aliphatic hydroxyl groups is 1. The number of carbonyl (C=O) groups is 1. The number of aliphatic imine (C=N–C) groups is 1. The first-order chi connectivity index (χ1) is 20.3. The average molecular weight is 573 g/mol. The quantitative estimate of drug-likeness (QED) is 0.432. The molecule has 1 saturated carbocycles. The summed E-state index contributed by atoms with van der Waals surface area (Å²) in [6.45, 7) is 4.39. The summed E-state index contributed by atoms with van der Waals surface area (Å²) in [4.78, 5) is 23.1. The van der Waals surface area contributed by atoms with Gasteiger partial charge < -0.3 is 20.2 Å². The standard InChI is InChI=1S/C34H38F2N4O2/c1-39-10-12-40(13-11-39)29-6-9-31(26(19-29)15-22-3-7-30(41)8-4-22)34(42)38-33-32-18-23(2-5-25(32)21-37-33)14-24-16-27(35)20-28(36)17-24/h2,5-6,9,16-20,22,30,41H,3-4,7-8,10-15,21H2,1H3,(H,37,38,42). The van der Waals surface area contributed by atoms with E-state index in [1.807, 2.05) is 24.3 Å². The Morgan fingerprint density at radius 1 is 0.929 bits per heavy atom. The molecule has 0 unspecified atom stereocenters. The maximum Gasteiger partial charge on any atom is 0.257 e. The first kappa shape index (κ1) is 28.5. The lowest BCUT2D eigenvalue weighted by atomic mass is 9.82. The van der Waals surface area contributed by atoms with Gasteiger partial charge in [-0.05, 0) is 110 Å². The zero-order valence-electron chi connectivity index (χ0n) is 24.1. The number of piperazine rings is 1. The molecule has 6 rings (SSSR count). The lowest BCUT2D eigenvalue weighted by molar-refractivity contribution is 0.0972. The Labute approximate surface area is 246 Å². The van der Waals surface area contributed by atoms with Crippen molar-refractivity contribution in [2.24, 2.45) is 10.9 Å². The lowest BCUT2D eigenvalue weighted by Gasteiger charge is -2.34. The topological polar surface area (TPSA) is 68.2 Å². The van der Waals surface area contributed by atoms with E-state index >= 15 is 0 Å². The fraction of sp³-hybridized carbons (Fsp3) is 0.412. The smallest absolute Gasteiger partial charge is 0.257 e. The minimum Gasteiger partial charge on any atom is -0.393 e. The van der Waals surface area contributed by atoms with Gasteiger partial charge in [0.1, 0.15) is 17.5 Å². The van der Waals surface area contributed by atoms with Gasteiger partial charge in [-0.25, -0.2) is 8.78 Å². The van der Waals surface area contributed by atoms with Crippen molar-refractivity contribution in [1.29, 1.82) is 0 Å². The number of amidine groups is 1. The predicted molar refractivity (Wildman–Crippen MR) is 161 cm³/mol. The van der Waals surface area contributed by atoms with Crippen LogP contribution in [0.3, 0.4) is 0 Å². The number of nitrogens with zero attached hydrogens (tertiary/aromatic N) is 3. The van der Waals surface area contributed by atoms with Crippen LogP contribution in [0.1, 0.15) is 63.9 Å². The molecule has 42 heavy (non-hydrogen) atoms. The van der Waals surface area contributed by atoms with E-state index in [0.29, 0.717) is 35.8 Å². The van der Waals surface area contributed by atoms with Gasteiger partial charge >= 0.3 is 0 Å². The molecule has 6 nitrogen and oxygen atoms in total. The number of anilines is 1. The van der Waals surface area contributed by atoms with Crippen LogP contribution in [0.2, 0.25) is 0 Å². The SMILES string of the molecule is CN1CCN(c2ccc(C(=O)NC3=NCc4ccc(Cc5cc(F)cc(F)c5)cc43)c(CC3CCC(O)CC3)c2)CC1. The number of halogens is 2. The van der Waals surface area contributed by atoms with E-state index in [4.69, 9.17) is 0 Å². The number of rotatable bonds is 6. The van der Waals surface area contributed by atoms with Crippen molar-refractivity contribution in [3.05, 3.63) is 99.6 Å². The van der Waals surface area contributed by atoms with E-state index in [2.05, 4.69) is 39.3 Å². The summed E-state index contributed by atoms with van der Waals surface area (Å²) >= 11 is 0. The van der Waals surface area contributed by atoms with Crippen molar-refractivity contribution >= 4 is 17.4 Å². The zero-order chi connectivity index (χ0) is 29.2. The van der Waals surface area contributed by atoms with E-state index in [9.17, 15) is 18.7 Å². The molecule has 1 amide bonds. The van der Waals surface area contributed by atoms with Gasteiger partial charge in [0.2, 0.25) is 0 Å². The molecule has 0 bridgehead atoms. The summed E-state index contributed by atoms with van der Waals surface area (Å²) in [6, 6.07) is 15.6. The van der Waals surface area contributed by atoms with Gasteiger partial charge in [-0.3, -0.25) is 9.79 Å². The third kappa shape index (κ3) is 6.55. The van der Waals surface area contributed by atoms with Crippen molar-refractivity contribution in [3.8, 4) is 0 Å². The van der Waals surface area contributed by atoms with Gasteiger partial charge in [0.15, 0.2) is 0 Å². The summed E-state index contributed by atoms with van der Waals surface area (Å²) in [5.74, 6) is -0.423. The van der Waals surface area contributed by atoms with Crippen LogP contribution in [0, 0.1) is 17.6 Å². The van der Waals surface area contributed by atoms with Crippen molar-refractivity contribution in [2.45, 2.75) is 51.2 Å². The molecule has 2 N–H and O–H groups in total. The van der Waals surface area contributed by atoms with Crippen LogP contribution in [0.4, 0.5) is 14.5 Å². The van der Waals surface area contributed by atoms with Crippen molar-refractivity contribution in [3.63, 3.8) is 0 Å². The first-order valence-corrected chi connectivity index (χ1v) is 15.0. The molecule has 8 heteroatoms. The number of hydrogen-bond acceptors (Lipinski definition) is 5. The molecule has 3 aromatic carbocycles. The second kappa shape index (κ2) is 12.3. The number of amides is 1. The molecular formula is C34H38F2N4O2. The molecule has 0 spiro atoms. The highest BCUT2D eigenvalue weighted by Crippen LogP contribution is 2.31. The number of aliphatic hydroxyl groups excluding tert-OH is 1. The highest BCUT2D eigenvalue weighted by molar-refractivity contribution is 6.14. The minimum absolute atomic E-state index is 0.185. The number of benzene rings is 3. The molecular weight excluding hydrogens is 534 g/mol. The Morgan fingerprint density at radius 2 is 1.67 bits per heavy atom. The number of likely N-dealkylation sites (N-methyl/N-ethyl adjacent to an activating group) is 1. The largest absolute Gasteiger partial charge is 0.393 e. The molecule has 0 aromatic heterocycles. The predicted octanol–water partition coefficient (Wildman–Crippen LogP) is 5.09. The minimum atomic E-state index is -0.598. The van der Waals surface area contributed by atoms with E-state index < -0.39 is 11.6 Å². The fourth-order valence-electron chi connectivity index (χ4n) is 6.46. The third-order valence-corrected chi connectivity index (χ3v) is 8.93. The summed E-state index contributed by atoms with van der Waals surface area (Å²) in [5.41, 5.74) is 6.12. The summed E-state index contributed by atoms with van der Waals surface area (Å²) in [5, 5.41) is 13.1. The molecule has 2 heterocycles. The molecule has 2 aliphatic heterocycles. The molecule has 0 atom stereocenters. The number of hydrogen-bond donors (Lipinski definition) is 2. The van der Waals surface area contributed by atoms with Crippen LogP contribution in [-0.2, 0) is 19.4 Å². The molecule has 220 valence electrons. The lowest BCUT2D eigenvalue weighted by Crippen LogP contribution is -2.44. The van der Waals surface area contributed by atoms with Crippen LogP contribution in [0.15, 0.2) is 59.6 Å². The van der Waals surface area contributed by atoms with Gasteiger partial charge in [-0.2, -0.15) is 0 Å². The van der Waals surface area contributed by atoms with Gasteiger partial charge in [-0.15, -0.1) is 0 Å². The van der Waals surface area contributed by atoms with Gasteiger partial charge in [-0.1, -0.05) is 12.1 Å². The maximum atomic E-state index is 13.8. The Morgan fingerprint density at radius 3 is 2.40 bits per heavy atom. The Kier molecular flexibility index (Phi) is 8.36. The number of nitrogens with one attached hydrogen (secondary N) is 1. The Hall–Kier alpha value is -3.62. The van der Waals surface area contributed by atoms with Crippen LogP contribution in [-0.4, -0.2) is 61.1 Å². The second-order valence-electron chi connectivity index (χ2n) is 12.1. The van der Waals surface area contributed by atoms with Crippen LogP contribution >= 0.6 is 0 Å². The second-order valence-corrected chi connectivity index (χ2v) is 12.1. The first-order valence-electron chi connectivity index (χ1n) is 15.0.